The Morgan fingerprint density at radius 1 is 0.400 bits per heavy atom. The third-order valence-electron chi connectivity index (χ3n) is 9.63. The molecule has 8 aromatic rings. The van der Waals surface area contributed by atoms with E-state index in [1.165, 1.54) is 49.0 Å². The molecule has 0 heterocycles. The molecule has 0 aliphatic carbocycles. The number of nitrogens with zero attached hydrogens (tertiary/aromatic N) is 2. The third-order valence-corrected chi connectivity index (χ3v) is 9.63. The van der Waals surface area contributed by atoms with Crippen molar-refractivity contribution in [3.05, 3.63) is 168 Å². The van der Waals surface area contributed by atoms with Crippen LogP contribution in [0.4, 0.5) is 34.1 Å². The van der Waals surface area contributed by atoms with Crippen LogP contribution in [0.5, 0.6) is 0 Å². The molecule has 0 fully saturated rings. The average molecular weight is 651 g/mol. The Kier molecular flexibility index (Phi) is 8.80. The summed E-state index contributed by atoms with van der Waals surface area (Å²) in [6.45, 7) is 15.2. The zero-order valence-electron chi connectivity index (χ0n) is 30.3. The topological polar surface area (TPSA) is 6.48 Å². The Morgan fingerprint density at radius 2 is 0.780 bits per heavy atom. The summed E-state index contributed by atoms with van der Waals surface area (Å²) >= 11 is 0. The van der Waals surface area contributed by atoms with Crippen molar-refractivity contribution < 1.29 is 0 Å². The molecular formula is C48H46N2. The highest BCUT2D eigenvalue weighted by Gasteiger charge is 2.25. The van der Waals surface area contributed by atoms with Gasteiger partial charge in [0.2, 0.25) is 0 Å². The van der Waals surface area contributed by atoms with Crippen molar-refractivity contribution in [1.82, 2.24) is 0 Å². The van der Waals surface area contributed by atoms with E-state index in [2.05, 4.69) is 196 Å². The molecule has 0 atom stereocenters. The number of aryl methyl sites for hydroxylation is 2. The first-order chi connectivity index (χ1) is 24.3. The number of hydrogen-bond acceptors (Lipinski definition) is 2. The normalized spacial score (nSPS) is 11.5. The SMILES string of the molecule is CC.Cc1ccc(N(c2ccccc2)c2cc(N(c3ccccc3)c3ccc(C)cc3)c3ccc4cc(C(C)(C)C)cc5ccc2c3c54)cc1. The minimum Gasteiger partial charge on any atom is -0.310 e. The lowest BCUT2D eigenvalue weighted by Gasteiger charge is -2.32. The van der Waals surface area contributed by atoms with Gasteiger partial charge in [-0.05, 0) is 95.6 Å². The first-order valence-electron chi connectivity index (χ1n) is 17.9. The maximum absolute atomic E-state index is 2.42. The van der Waals surface area contributed by atoms with Crippen molar-refractivity contribution in [2.75, 3.05) is 9.80 Å². The van der Waals surface area contributed by atoms with Crippen LogP contribution in [0.3, 0.4) is 0 Å². The van der Waals surface area contributed by atoms with Gasteiger partial charge >= 0.3 is 0 Å². The molecule has 0 saturated heterocycles. The molecule has 2 nitrogen and oxygen atoms in total. The van der Waals surface area contributed by atoms with Crippen molar-refractivity contribution >= 4 is 66.4 Å². The fourth-order valence-electron chi connectivity index (χ4n) is 7.08. The molecule has 0 unspecified atom stereocenters. The van der Waals surface area contributed by atoms with Gasteiger partial charge in [-0.1, -0.05) is 143 Å². The van der Waals surface area contributed by atoms with Crippen LogP contribution >= 0.6 is 0 Å². The highest BCUT2D eigenvalue weighted by molar-refractivity contribution is 6.29. The van der Waals surface area contributed by atoms with Gasteiger partial charge in [0, 0.05) is 38.9 Å². The molecule has 0 spiro atoms. The summed E-state index contributed by atoms with van der Waals surface area (Å²) in [5, 5.41) is 7.63. The Hall–Kier alpha value is -5.60. The first-order valence-corrected chi connectivity index (χ1v) is 17.9. The molecule has 2 heteroatoms. The van der Waals surface area contributed by atoms with Gasteiger partial charge in [-0.15, -0.1) is 0 Å². The second kappa shape index (κ2) is 13.4. The smallest absolute Gasteiger partial charge is 0.0561 e. The number of anilines is 6. The van der Waals surface area contributed by atoms with Crippen LogP contribution in [0.1, 0.15) is 51.3 Å². The summed E-state index contributed by atoms with van der Waals surface area (Å²) in [7, 11) is 0. The van der Waals surface area contributed by atoms with E-state index in [1.54, 1.807) is 0 Å². The van der Waals surface area contributed by atoms with Crippen LogP contribution in [0, 0.1) is 13.8 Å². The van der Waals surface area contributed by atoms with E-state index in [-0.39, 0.29) is 5.41 Å². The summed E-state index contributed by atoms with van der Waals surface area (Å²) in [6, 6.07) is 55.9. The van der Waals surface area contributed by atoms with Gasteiger partial charge in [0.1, 0.15) is 0 Å². The highest BCUT2D eigenvalue weighted by Crippen LogP contribution is 2.50. The lowest BCUT2D eigenvalue weighted by Crippen LogP contribution is -2.14. The molecular weight excluding hydrogens is 605 g/mol. The van der Waals surface area contributed by atoms with Crippen molar-refractivity contribution in [3.63, 3.8) is 0 Å². The molecule has 0 aliphatic rings. The largest absolute Gasteiger partial charge is 0.310 e. The van der Waals surface area contributed by atoms with Crippen LogP contribution in [0.15, 0.2) is 152 Å². The Labute approximate surface area is 297 Å². The third kappa shape index (κ3) is 5.96. The van der Waals surface area contributed by atoms with Gasteiger partial charge < -0.3 is 9.80 Å². The first kappa shape index (κ1) is 32.9. The number of para-hydroxylation sites is 2. The molecule has 0 bridgehead atoms. The number of benzene rings is 8. The Morgan fingerprint density at radius 3 is 1.16 bits per heavy atom. The van der Waals surface area contributed by atoms with E-state index in [1.807, 2.05) is 13.8 Å². The van der Waals surface area contributed by atoms with Crippen molar-refractivity contribution in [2.45, 2.75) is 53.9 Å². The summed E-state index contributed by atoms with van der Waals surface area (Å²) in [5.41, 5.74) is 10.7. The van der Waals surface area contributed by atoms with Crippen molar-refractivity contribution in [3.8, 4) is 0 Å². The molecule has 0 aliphatic heterocycles. The minimum atomic E-state index is 0.0475. The minimum absolute atomic E-state index is 0.0475. The van der Waals surface area contributed by atoms with Gasteiger partial charge in [-0.2, -0.15) is 0 Å². The lowest BCUT2D eigenvalue weighted by atomic mass is 9.83. The molecule has 0 amide bonds. The van der Waals surface area contributed by atoms with Crippen molar-refractivity contribution in [2.24, 2.45) is 0 Å². The van der Waals surface area contributed by atoms with Crippen LogP contribution in [-0.2, 0) is 5.41 Å². The van der Waals surface area contributed by atoms with Gasteiger partial charge in [0.15, 0.2) is 0 Å². The van der Waals surface area contributed by atoms with Gasteiger partial charge in [0.05, 0.1) is 11.4 Å². The van der Waals surface area contributed by atoms with Crippen LogP contribution < -0.4 is 9.80 Å². The second-order valence-corrected chi connectivity index (χ2v) is 14.1. The maximum atomic E-state index is 2.42. The van der Waals surface area contributed by atoms with Crippen LogP contribution in [0.25, 0.3) is 32.3 Å². The predicted octanol–water partition coefficient (Wildman–Crippen LogP) is 14.5. The van der Waals surface area contributed by atoms with Crippen LogP contribution in [-0.4, -0.2) is 0 Å². The monoisotopic (exact) mass is 650 g/mol. The zero-order valence-corrected chi connectivity index (χ0v) is 30.3. The van der Waals surface area contributed by atoms with E-state index >= 15 is 0 Å². The molecule has 248 valence electrons. The van der Waals surface area contributed by atoms with E-state index in [4.69, 9.17) is 0 Å². The van der Waals surface area contributed by atoms with E-state index < -0.39 is 0 Å². The predicted molar refractivity (Wildman–Crippen MR) is 219 cm³/mol. The number of hydrogen-bond donors (Lipinski definition) is 0. The molecule has 8 rings (SSSR count). The van der Waals surface area contributed by atoms with Gasteiger partial charge in [0.25, 0.3) is 0 Å². The Balaban J connectivity index is 0.00000193. The summed E-state index contributed by atoms with van der Waals surface area (Å²) in [6.07, 6.45) is 0. The van der Waals surface area contributed by atoms with E-state index in [0.717, 1.165) is 34.1 Å². The lowest BCUT2D eigenvalue weighted by molar-refractivity contribution is 0.591. The average Bonchev–Trinajstić information content (AvgIpc) is 3.14. The summed E-state index contributed by atoms with van der Waals surface area (Å²) < 4.78 is 0. The van der Waals surface area contributed by atoms with E-state index in [9.17, 15) is 0 Å². The number of rotatable bonds is 6. The summed E-state index contributed by atoms with van der Waals surface area (Å²) in [4.78, 5) is 4.85. The molecule has 0 aromatic heterocycles. The van der Waals surface area contributed by atoms with Gasteiger partial charge in [-0.25, -0.2) is 0 Å². The van der Waals surface area contributed by atoms with Crippen LogP contribution in [0.2, 0.25) is 0 Å². The highest BCUT2D eigenvalue weighted by atomic mass is 15.2. The molecule has 0 saturated carbocycles. The van der Waals surface area contributed by atoms with E-state index in [0.29, 0.717) is 0 Å². The molecule has 0 radical (unpaired) electrons. The molecule has 8 aromatic carbocycles. The fourth-order valence-corrected chi connectivity index (χ4v) is 7.08. The Bertz CT molecular complexity index is 2210. The van der Waals surface area contributed by atoms with Gasteiger partial charge in [-0.3, -0.25) is 0 Å². The molecule has 50 heavy (non-hydrogen) atoms. The molecule has 0 N–H and O–H groups in total. The maximum Gasteiger partial charge on any atom is 0.0561 e. The zero-order chi connectivity index (χ0) is 35.0. The summed E-state index contributed by atoms with van der Waals surface area (Å²) in [5.74, 6) is 0. The van der Waals surface area contributed by atoms with Crippen molar-refractivity contribution in [1.29, 1.82) is 0 Å². The standard InChI is InChI=1S/C46H40N2.C2H6/c1-31-16-22-38(23-17-31)47(36-12-8-6-9-13-36)42-30-43(48(37-14-10-7-11-15-37)39-24-18-32(2)19-25-39)41-27-21-34-29-35(46(3,4)5)28-33-20-26-40(42)45(41)44(33)34;1-2/h6-30H,1-5H3;1-2H3. The second-order valence-electron chi connectivity index (χ2n) is 14.1. The quantitative estimate of drug-likeness (QED) is 0.165. The fraction of sp³-hybridized carbons (Fsp3) is 0.167.